The summed E-state index contributed by atoms with van der Waals surface area (Å²) in [6.45, 7) is 3.45. The van der Waals surface area contributed by atoms with Crippen LogP contribution in [0.3, 0.4) is 0 Å². The van der Waals surface area contributed by atoms with Crippen LogP contribution in [0.25, 0.3) is 0 Å². The zero-order valence-corrected chi connectivity index (χ0v) is 9.73. The molecule has 1 aliphatic rings. The van der Waals surface area contributed by atoms with Crippen LogP contribution in [0.2, 0.25) is 0 Å². The summed E-state index contributed by atoms with van der Waals surface area (Å²) >= 11 is 0. The lowest BCUT2D eigenvalue weighted by Crippen LogP contribution is -2.34. The van der Waals surface area contributed by atoms with Crippen molar-refractivity contribution in [1.29, 1.82) is 0 Å². The summed E-state index contributed by atoms with van der Waals surface area (Å²) in [5.41, 5.74) is -1.27. The monoisotopic (exact) mass is 238 g/mol. The van der Waals surface area contributed by atoms with Gasteiger partial charge in [-0.1, -0.05) is 6.07 Å². The molecule has 2 rings (SSSR count). The van der Waals surface area contributed by atoms with E-state index in [1.807, 2.05) is 0 Å². The van der Waals surface area contributed by atoms with Gasteiger partial charge in [0.15, 0.2) is 17.1 Å². The van der Waals surface area contributed by atoms with Crippen molar-refractivity contribution in [3.63, 3.8) is 0 Å². The Morgan fingerprint density at radius 1 is 1.47 bits per heavy atom. The number of fused-ring (bicyclic) bond motifs is 1. The summed E-state index contributed by atoms with van der Waals surface area (Å²) in [4.78, 5) is 11.6. The average molecular weight is 238 g/mol. The molecule has 1 atom stereocenters. The minimum atomic E-state index is -1.68. The number of aliphatic hydroxyl groups is 1. The molecule has 1 aromatic rings. The van der Waals surface area contributed by atoms with Gasteiger partial charge in [-0.15, -0.1) is 0 Å². The predicted octanol–water partition coefficient (Wildman–Crippen LogP) is 1.19. The molecule has 0 aliphatic carbocycles. The van der Waals surface area contributed by atoms with Gasteiger partial charge in [0, 0.05) is 0 Å². The Labute approximate surface area is 98.9 Å². The quantitative estimate of drug-likeness (QED) is 0.801. The molecule has 0 saturated heterocycles. The van der Waals surface area contributed by atoms with Gasteiger partial charge in [-0.25, -0.2) is 4.79 Å². The second-order valence-corrected chi connectivity index (χ2v) is 3.86. The number of hydrogen-bond acceptors (Lipinski definition) is 5. The predicted molar refractivity (Wildman–Crippen MR) is 58.8 cm³/mol. The standard InChI is InChI=1S/C12H14O5/c1-3-15-11(13)12(2,14)8-4-5-9-10(6-8)17-7-16-9/h4-6,14H,3,7H2,1-2H3/t12-/m0/s1. The summed E-state index contributed by atoms with van der Waals surface area (Å²) in [6, 6.07) is 4.86. The molecule has 17 heavy (non-hydrogen) atoms. The number of hydrogen-bond donors (Lipinski definition) is 1. The van der Waals surface area contributed by atoms with Crippen molar-refractivity contribution >= 4 is 5.97 Å². The summed E-state index contributed by atoms with van der Waals surface area (Å²) in [5.74, 6) is 0.444. The number of carbonyl (C=O) groups excluding carboxylic acids is 1. The van der Waals surface area contributed by atoms with Crippen molar-refractivity contribution in [3.8, 4) is 11.5 Å². The molecule has 0 saturated carbocycles. The van der Waals surface area contributed by atoms with Crippen molar-refractivity contribution in [2.24, 2.45) is 0 Å². The van der Waals surface area contributed by atoms with Gasteiger partial charge in [0.1, 0.15) is 0 Å². The van der Waals surface area contributed by atoms with Gasteiger partial charge in [0.25, 0.3) is 0 Å². The Balaban J connectivity index is 2.30. The van der Waals surface area contributed by atoms with Crippen LogP contribution in [-0.4, -0.2) is 24.5 Å². The number of carbonyl (C=O) groups is 1. The van der Waals surface area contributed by atoms with E-state index < -0.39 is 11.6 Å². The first kappa shape index (κ1) is 11.7. The minimum Gasteiger partial charge on any atom is -0.464 e. The maximum atomic E-state index is 11.6. The molecule has 1 heterocycles. The van der Waals surface area contributed by atoms with E-state index in [9.17, 15) is 9.90 Å². The SMILES string of the molecule is CCOC(=O)[C@@](C)(O)c1ccc2c(c1)OCO2. The van der Waals surface area contributed by atoms with Crippen LogP contribution in [0.4, 0.5) is 0 Å². The van der Waals surface area contributed by atoms with Crippen LogP contribution in [0, 0.1) is 0 Å². The second kappa shape index (κ2) is 4.25. The van der Waals surface area contributed by atoms with Gasteiger partial charge in [0.05, 0.1) is 6.61 Å². The third kappa shape index (κ3) is 2.06. The van der Waals surface area contributed by atoms with Gasteiger partial charge in [0.2, 0.25) is 6.79 Å². The molecule has 0 unspecified atom stereocenters. The zero-order chi connectivity index (χ0) is 12.5. The summed E-state index contributed by atoms with van der Waals surface area (Å²) in [7, 11) is 0. The van der Waals surface area contributed by atoms with Gasteiger partial charge in [-0.05, 0) is 31.5 Å². The van der Waals surface area contributed by atoms with E-state index in [-0.39, 0.29) is 13.4 Å². The Morgan fingerprint density at radius 3 is 2.88 bits per heavy atom. The van der Waals surface area contributed by atoms with E-state index in [1.54, 1.807) is 25.1 Å². The Bertz CT molecular complexity index is 439. The van der Waals surface area contributed by atoms with Crippen LogP contribution in [-0.2, 0) is 15.1 Å². The molecule has 0 aromatic heterocycles. The third-order valence-electron chi connectivity index (χ3n) is 2.61. The molecule has 0 radical (unpaired) electrons. The topological polar surface area (TPSA) is 65.0 Å². The molecule has 0 amide bonds. The first-order chi connectivity index (χ1) is 8.05. The molecule has 1 aromatic carbocycles. The largest absolute Gasteiger partial charge is 0.464 e. The highest BCUT2D eigenvalue weighted by Crippen LogP contribution is 2.36. The van der Waals surface area contributed by atoms with Crippen molar-refractivity contribution in [3.05, 3.63) is 23.8 Å². The molecule has 1 N–H and O–H groups in total. The van der Waals surface area contributed by atoms with E-state index in [4.69, 9.17) is 14.2 Å². The fourth-order valence-electron chi connectivity index (χ4n) is 1.59. The van der Waals surface area contributed by atoms with Crippen molar-refractivity contribution in [2.75, 3.05) is 13.4 Å². The summed E-state index contributed by atoms with van der Waals surface area (Å²) < 4.78 is 15.2. The average Bonchev–Trinajstić information content (AvgIpc) is 2.76. The second-order valence-electron chi connectivity index (χ2n) is 3.86. The van der Waals surface area contributed by atoms with E-state index in [0.717, 1.165) is 0 Å². The summed E-state index contributed by atoms with van der Waals surface area (Å²) in [5, 5.41) is 10.1. The molecule has 0 fully saturated rings. The van der Waals surface area contributed by atoms with Crippen molar-refractivity contribution < 1.29 is 24.1 Å². The van der Waals surface area contributed by atoms with Crippen molar-refractivity contribution in [1.82, 2.24) is 0 Å². The first-order valence-corrected chi connectivity index (χ1v) is 5.35. The highest BCUT2D eigenvalue weighted by molar-refractivity contribution is 5.80. The van der Waals surface area contributed by atoms with E-state index in [2.05, 4.69) is 0 Å². The normalized spacial score (nSPS) is 16.4. The maximum absolute atomic E-state index is 11.6. The number of esters is 1. The zero-order valence-electron chi connectivity index (χ0n) is 9.73. The molecule has 5 nitrogen and oxygen atoms in total. The van der Waals surface area contributed by atoms with Gasteiger partial charge >= 0.3 is 5.97 Å². The van der Waals surface area contributed by atoms with Crippen LogP contribution in [0.15, 0.2) is 18.2 Å². The molecular weight excluding hydrogens is 224 g/mol. The number of ether oxygens (including phenoxy) is 3. The van der Waals surface area contributed by atoms with Crippen LogP contribution < -0.4 is 9.47 Å². The Hall–Kier alpha value is -1.75. The van der Waals surface area contributed by atoms with Gasteiger partial charge < -0.3 is 19.3 Å². The minimum absolute atomic E-state index is 0.153. The number of rotatable bonds is 3. The lowest BCUT2D eigenvalue weighted by atomic mass is 9.96. The molecular formula is C12H14O5. The number of benzene rings is 1. The maximum Gasteiger partial charge on any atom is 0.342 e. The van der Waals surface area contributed by atoms with Crippen LogP contribution >= 0.6 is 0 Å². The lowest BCUT2D eigenvalue weighted by Gasteiger charge is -2.21. The van der Waals surface area contributed by atoms with Gasteiger partial charge in [-0.3, -0.25) is 0 Å². The fraction of sp³-hybridized carbons (Fsp3) is 0.417. The third-order valence-corrected chi connectivity index (χ3v) is 2.61. The first-order valence-electron chi connectivity index (χ1n) is 5.35. The van der Waals surface area contributed by atoms with E-state index >= 15 is 0 Å². The lowest BCUT2D eigenvalue weighted by molar-refractivity contribution is -0.164. The molecule has 92 valence electrons. The fourth-order valence-corrected chi connectivity index (χ4v) is 1.59. The molecule has 0 spiro atoms. The van der Waals surface area contributed by atoms with Gasteiger partial charge in [-0.2, -0.15) is 0 Å². The van der Waals surface area contributed by atoms with Crippen LogP contribution in [0.5, 0.6) is 11.5 Å². The highest BCUT2D eigenvalue weighted by Gasteiger charge is 2.35. The Kier molecular flexibility index (Phi) is 2.93. The van der Waals surface area contributed by atoms with E-state index in [0.29, 0.717) is 17.1 Å². The summed E-state index contributed by atoms with van der Waals surface area (Å²) in [6.07, 6.45) is 0. The Morgan fingerprint density at radius 2 is 2.18 bits per heavy atom. The molecule has 1 aliphatic heterocycles. The smallest absolute Gasteiger partial charge is 0.342 e. The van der Waals surface area contributed by atoms with Crippen molar-refractivity contribution in [2.45, 2.75) is 19.4 Å². The highest BCUT2D eigenvalue weighted by atomic mass is 16.7. The van der Waals surface area contributed by atoms with Crippen LogP contribution in [0.1, 0.15) is 19.4 Å². The van der Waals surface area contributed by atoms with E-state index in [1.165, 1.54) is 6.92 Å². The molecule has 0 bridgehead atoms. The molecule has 5 heteroatoms.